The molecule has 1 saturated heterocycles. The van der Waals surface area contributed by atoms with Gasteiger partial charge in [-0.15, -0.1) is 5.10 Å². The summed E-state index contributed by atoms with van der Waals surface area (Å²) in [6.07, 6.45) is 14.1. The van der Waals surface area contributed by atoms with Gasteiger partial charge in [-0.3, -0.25) is 9.79 Å². The van der Waals surface area contributed by atoms with E-state index in [4.69, 9.17) is 5.10 Å². The Hall–Kier alpha value is -3.74. The van der Waals surface area contributed by atoms with Crippen molar-refractivity contribution in [1.29, 1.82) is 0 Å². The lowest BCUT2D eigenvalue weighted by Gasteiger charge is -2.31. The van der Waals surface area contributed by atoms with Crippen molar-refractivity contribution in [2.45, 2.75) is 51.5 Å². The van der Waals surface area contributed by atoms with E-state index in [2.05, 4.69) is 33.7 Å². The number of allylic oxidation sites excluding steroid dienone is 2. The van der Waals surface area contributed by atoms with Crippen LogP contribution in [-0.4, -0.2) is 45.9 Å². The molecule has 1 N–H and O–H groups in total. The SMILES string of the molecule is C=C/C=C\C(=NC)C1CCCCCN1c1ccc2nc(NC(=O)c3ccc(CCC)cc3)cn2n1. The molecule has 3 aromatic rings. The second kappa shape index (κ2) is 11.6. The van der Waals surface area contributed by atoms with E-state index in [0.717, 1.165) is 50.2 Å². The van der Waals surface area contributed by atoms with Gasteiger partial charge in [0.2, 0.25) is 0 Å². The van der Waals surface area contributed by atoms with Crippen LogP contribution in [0.15, 0.2) is 72.4 Å². The molecule has 0 spiro atoms. The summed E-state index contributed by atoms with van der Waals surface area (Å²) in [5.41, 5.74) is 3.56. The molecule has 1 aromatic carbocycles. The fraction of sp³-hybridized carbons (Fsp3) is 0.357. The van der Waals surface area contributed by atoms with Gasteiger partial charge in [-0.2, -0.15) is 0 Å². The van der Waals surface area contributed by atoms with Crippen molar-refractivity contribution in [3.05, 3.63) is 78.5 Å². The summed E-state index contributed by atoms with van der Waals surface area (Å²) in [6, 6.07) is 11.8. The Morgan fingerprint density at radius 2 is 2.03 bits per heavy atom. The van der Waals surface area contributed by atoms with E-state index in [9.17, 15) is 4.79 Å². The van der Waals surface area contributed by atoms with E-state index in [0.29, 0.717) is 17.0 Å². The zero-order valence-corrected chi connectivity index (χ0v) is 20.7. The van der Waals surface area contributed by atoms with E-state index in [-0.39, 0.29) is 11.9 Å². The average Bonchev–Trinajstić information content (AvgIpc) is 3.11. The van der Waals surface area contributed by atoms with Gasteiger partial charge in [0.1, 0.15) is 5.82 Å². The molecule has 7 nitrogen and oxygen atoms in total. The number of aliphatic imine (C=N–C) groups is 1. The van der Waals surface area contributed by atoms with E-state index in [1.165, 1.54) is 12.0 Å². The first-order valence-corrected chi connectivity index (χ1v) is 12.4. The Morgan fingerprint density at radius 3 is 2.77 bits per heavy atom. The Morgan fingerprint density at radius 1 is 1.20 bits per heavy atom. The zero-order valence-electron chi connectivity index (χ0n) is 20.7. The van der Waals surface area contributed by atoms with Crippen molar-refractivity contribution >= 4 is 28.9 Å². The standard InChI is InChI=1S/C28H34N6O/c1-4-6-11-23(29-3)24-12-8-7-9-19-33(24)27-18-17-26-30-25(20-34(26)32-27)31-28(35)22-15-13-21(10-5-2)14-16-22/h4,6,11,13-18,20,24H,1,5,7-10,12,19H2,2-3H3,(H,31,35)/b11-6-,29-23?. The number of benzene rings is 1. The molecule has 7 heteroatoms. The van der Waals surface area contributed by atoms with E-state index in [1.807, 2.05) is 55.6 Å². The van der Waals surface area contributed by atoms with E-state index >= 15 is 0 Å². The molecule has 1 fully saturated rings. The number of nitrogens with zero attached hydrogens (tertiary/aromatic N) is 5. The van der Waals surface area contributed by atoms with Crippen LogP contribution in [0.1, 0.15) is 54.9 Å². The normalized spacial score (nSPS) is 17.0. The quantitative estimate of drug-likeness (QED) is 0.349. The van der Waals surface area contributed by atoms with Gasteiger partial charge in [-0.1, -0.05) is 57.0 Å². The number of hydrogen-bond acceptors (Lipinski definition) is 5. The number of aromatic nitrogens is 3. The number of nitrogens with one attached hydrogen (secondary N) is 1. The van der Waals surface area contributed by atoms with Crippen LogP contribution < -0.4 is 10.2 Å². The molecule has 1 unspecified atom stereocenters. The van der Waals surface area contributed by atoms with Crippen LogP contribution >= 0.6 is 0 Å². The number of carbonyl (C=O) groups excluding carboxylic acids is 1. The average molecular weight is 471 g/mol. The molecule has 1 aliphatic heterocycles. The third kappa shape index (κ3) is 5.85. The maximum Gasteiger partial charge on any atom is 0.256 e. The molecule has 4 rings (SSSR count). The first-order valence-electron chi connectivity index (χ1n) is 12.4. The second-order valence-corrected chi connectivity index (χ2v) is 8.82. The van der Waals surface area contributed by atoms with Crippen molar-refractivity contribution < 1.29 is 4.79 Å². The monoisotopic (exact) mass is 470 g/mol. The molecule has 0 bridgehead atoms. The number of aryl methyl sites for hydroxylation is 1. The number of carbonyl (C=O) groups is 1. The smallest absolute Gasteiger partial charge is 0.256 e. The second-order valence-electron chi connectivity index (χ2n) is 8.82. The molecule has 3 heterocycles. The number of anilines is 2. The van der Waals surface area contributed by atoms with Crippen molar-refractivity contribution in [2.75, 3.05) is 23.8 Å². The molecule has 1 aliphatic rings. The summed E-state index contributed by atoms with van der Waals surface area (Å²) in [4.78, 5) is 24.2. The van der Waals surface area contributed by atoms with Gasteiger partial charge in [-0.05, 0) is 55.2 Å². The Balaban J connectivity index is 1.55. The minimum atomic E-state index is -0.179. The van der Waals surface area contributed by atoms with Crippen LogP contribution in [0.5, 0.6) is 0 Å². The fourth-order valence-electron chi connectivity index (χ4n) is 4.58. The third-order valence-electron chi connectivity index (χ3n) is 6.35. The van der Waals surface area contributed by atoms with Crippen LogP contribution in [0.2, 0.25) is 0 Å². The van der Waals surface area contributed by atoms with Crippen LogP contribution in [0.25, 0.3) is 5.65 Å². The Kier molecular flexibility index (Phi) is 8.08. The van der Waals surface area contributed by atoms with Gasteiger partial charge in [0.15, 0.2) is 11.5 Å². The van der Waals surface area contributed by atoms with Crippen molar-refractivity contribution in [3.8, 4) is 0 Å². The maximum atomic E-state index is 12.7. The van der Waals surface area contributed by atoms with Gasteiger partial charge in [0.25, 0.3) is 5.91 Å². The molecule has 0 aliphatic carbocycles. The topological polar surface area (TPSA) is 74.9 Å². The zero-order chi connectivity index (χ0) is 24.6. The lowest BCUT2D eigenvalue weighted by Crippen LogP contribution is -2.41. The van der Waals surface area contributed by atoms with E-state index in [1.54, 1.807) is 16.8 Å². The van der Waals surface area contributed by atoms with Crippen molar-refractivity contribution in [1.82, 2.24) is 14.6 Å². The molecule has 0 radical (unpaired) electrons. The minimum Gasteiger partial charge on any atom is -0.347 e. The summed E-state index contributed by atoms with van der Waals surface area (Å²) in [6.45, 7) is 6.85. The van der Waals surface area contributed by atoms with Crippen LogP contribution in [0.3, 0.4) is 0 Å². The highest BCUT2D eigenvalue weighted by atomic mass is 16.1. The minimum absolute atomic E-state index is 0.155. The third-order valence-corrected chi connectivity index (χ3v) is 6.35. The van der Waals surface area contributed by atoms with E-state index < -0.39 is 0 Å². The predicted molar refractivity (Wildman–Crippen MR) is 144 cm³/mol. The van der Waals surface area contributed by atoms with Crippen LogP contribution in [-0.2, 0) is 6.42 Å². The molecule has 182 valence electrons. The molecule has 2 aromatic heterocycles. The molecule has 35 heavy (non-hydrogen) atoms. The van der Waals surface area contributed by atoms with Gasteiger partial charge >= 0.3 is 0 Å². The Labute approximate surface area is 207 Å². The van der Waals surface area contributed by atoms with Gasteiger partial charge in [0.05, 0.1) is 18.0 Å². The van der Waals surface area contributed by atoms with Gasteiger partial charge < -0.3 is 10.2 Å². The summed E-state index contributed by atoms with van der Waals surface area (Å²) < 4.78 is 1.74. The number of imidazole rings is 1. The van der Waals surface area contributed by atoms with Crippen LogP contribution in [0, 0.1) is 0 Å². The summed E-state index contributed by atoms with van der Waals surface area (Å²) in [5.74, 6) is 1.18. The highest BCUT2D eigenvalue weighted by Crippen LogP contribution is 2.25. The van der Waals surface area contributed by atoms with Crippen LogP contribution in [0.4, 0.5) is 11.6 Å². The van der Waals surface area contributed by atoms with Crippen molar-refractivity contribution in [2.24, 2.45) is 4.99 Å². The summed E-state index contributed by atoms with van der Waals surface area (Å²) >= 11 is 0. The van der Waals surface area contributed by atoms with Gasteiger partial charge in [0, 0.05) is 19.2 Å². The lowest BCUT2D eigenvalue weighted by molar-refractivity contribution is 0.102. The number of hydrogen-bond donors (Lipinski definition) is 1. The predicted octanol–water partition coefficient (Wildman–Crippen LogP) is 5.50. The highest BCUT2D eigenvalue weighted by molar-refractivity contribution is 6.04. The maximum absolute atomic E-state index is 12.7. The number of amides is 1. The highest BCUT2D eigenvalue weighted by Gasteiger charge is 2.26. The van der Waals surface area contributed by atoms with Gasteiger partial charge in [-0.25, -0.2) is 9.50 Å². The lowest BCUT2D eigenvalue weighted by atomic mass is 10.0. The Bertz CT molecular complexity index is 1220. The molecule has 1 amide bonds. The first-order chi connectivity index (χ1) is 17.1. The molecular formula is C28H34N6O. The largest absolute Gasteiger partial charge is 0.347 e. The number of fused-ring (bicyclic) bond motifs is 1. The summed E-state index contributed by atoms with van der Waals surface area (Å²) in [7, 11) is 1.84. The number of rotatable bonds is 8. The first kappa shape index (κ1) is 24.4. The van der Waals surface area contributed by atoms with Crippen molar-refractivity contribution in [3.63, 3.8) is 0 Å². The molecule has 1 atom stereocenters. The fourth-order valence-corrected chi connectivity index (χ4v) is 4.58. The molecule has 0 saturated carbocycles. The molecular weight excluding hydrogens is 436 g/mol. The summed E-state index contributed by atoms with van der Waals surface area (Å²) in [5, 5.41) is 7.76.